The molecular weight excluding hydrogens is 176 g/mol. The summed E-state index contributed by atoms with van der Waals surface area (Å²) in [5.41, 5.74) is 2.45. The SMILES string of the molecule is N#CNC(=O)C1Cc2ccccc2C1. The Kier molecular flexibility index (Phi) is 2.19. The Morgan fingerprint density at radius 2 is 1.93 bits per heavy atom. The minimum Gasteiger partial charge on any atom is -0.274 e. The average Bonchev–Trinajstić information content (AvgIpc) is 2.61. The van der Waals surface area contributed by atoms with Crippen molar-refractivity contribution in [2.75, 3.05) is 0 Å². The Labute approximate surface area is 82.4 Å². The summed E-state index contributed by atoms with van der Waals surface area (Å²) in [6.07, 6.45) is 3.18. The van der Waals surface area contributed by atoms with Crippen LogP contribution in [0.4, 0.5) is 0 Å². The minimum atomic E-state index is -0.163. The highest BCUT2D eigenvalue weighted by atomic mass is 16.1. The van der Waals surface area contributed by atoms with Crippen LogP contribution in [0.15, 0.2) is 24.3 Å². The third-order valence-electron chi connectivity index (χ3n) is 2.60. The van der Waals surface area contributed by atoms with Crippen molar-refractivity contribution in [3.8, 4) is 6.19 Å². The van der Waals surface area contributed by atoms with Crippen molar-refractivity contribution in [1.82, 2.24) is 5.32 Å². The number of carbonyl (C=O) groups excluding carboxylic acids is 1. The monoisotopic (exact) mass is 186 g/mol. The fourth-order valence-corrected chi connectivity index (χ4v) is 1.90. The summed E-state index contributed by atoms with van der Waals surface area (Å²) < 4.78 is 0. The van der Waals surface area contributed by atoms with E-state index in [-0.39, 0.29) is 11.8 Å². The number of nitrogens with one attached hydrogen (secondary N) is 1. The molecule has 1 aromatic carbocycles. The molecule has 0 heterocycles. The van der Waals surface area contributed by atoms with Crippen LogP contribution in [-0.2, 0) is 17.6 Å². The van der Waals surface area contributed by atoms with Crippen LogP contribution in [0.3, 0.4) is 0 Å². The van der Waals surface area contributed by atoms with Crippen molar-refractivity contribution in [3.05, 3.63) is 35.4 Å². The third-order valence-corrected chi connectivity index (χ3v) is 2.60. The molecule has 0 unspecified atom stereocenters. The van der Waals surface area contributed by atoms with Crippen molar-refractivity contribution in [1.29, 1.82) is 5.26 Å². The lowest BCUT2D eigenvalue weighted by Crippen LogP contribution is -2.27. The van der Waals surface area contributed by atoms with Gasteiger partial charge in [0.05, 0.1) is 0 Å². The molecule has 0 aromatic heterocycles. The number of benzene rings is 1. The molecule has 0 spiro atoms. The van der Waals surface area contributed by atoms with Crippen LogP contribution in [0.1, 0.15) is 11.1 Å². The molecule has 0 bridgehead atoms. The summed E-state index contributed by atoms with van der Waals surface area (Å²) in [6, 6.07) is 8.02. The number of amides is 1. The van der Waals surface area contributed by atoms with Gasteiger partial charge in [0, 0.05) is 5.92 Å². The Morgan fingerprint density at radius 1 is 1.36 bits per heavy atom. The molecule has 0 saturated carbocycles. The van der Waals surface area contributed by atoms with Crippen molar-refractivity contribution in [2.45, 2.75) is 12.8 Å². The van der Waals surface area contributed by atoms with E-state index >= 15 is 0 Å². The number of nitriles is 1. The molecule has 2 rings (SSSR count). The lowest BCUT2D eigenvalue weighted by molar-refractivity contribution is -0.123. The number of hydrogen-bond donors (Lipinski definition) is 1. The molecule has 1 N–H and O–H groups in total. The van der Waals surface area contributed by atoms with Crippen molar-refractivity contribution in [3.63, 3.8) is 0 Å². The van der Waals surface area contributed by atoms with Gasteiger partial charge in [-0.15, -0.1) is 0 Å². The number of hydrogen-bond acceptors (Lipinski definition) is 2. The molecule has 3 heteroatoms. The fourth-order valence-electron chi connectivity index (χ4n) is 1.90. The van der Waals surface area contributed by atoms with E-state index in [1.165, 1.54) is 11.1 Å². The van der Waals surface area contributed by atoms with Gasteiger partial charge in [-0.1, -0.05) is 24.3 Å². The number of rotatable bonds is 1. The normalized spacial score (nSPS) is 14.5. The van der Waals surface area contributed by atoms with E-state index in [0.29, 0.717) is 0 Å². The van der Waals surface area contributed by atoms with Gasteiger partial charge in [0.1, 0.15) is 0 Å². The zero-order valence-electron chi connectivity index (χ0n) is 7.66. The second-order valence-corrected chi connectivity index (χ2v) is 3.47. The van der Waals surface area contributed by atoms with E-state index in [0.717, 1.165) is 12.8 Å². The number of nitrogens with zero attached hydrogens (tertiary/aromatic N) is 1. The molecule has 3 nitrogen and oxygen atoms in total. The van der Waals surface area contributed by atoms with Gasteiger partial charge in [0.15, 0.2) is 6.19 Å². The first-order chi connectivity index (χ1) is 6.81. The summed E-state index contributed by atoms with van der Waals surface area (Å²) >= 11 is 0. The summed E-state index contributed by atoms with van der Waals surface area (Å²) in [4.78, 5) is 11.4. The minimum absolute atomic E-state index is 0.0629. The average molecular weight is 186 g/mol. The Bertz CT molecular complexity index is 381. The molecule has 0 atom stereocenters. The lowest BCUT2D eigenvalue weighted by Gasteiger charge is -2.03. The smallest absolute Gasteiger partial charge is 0.236 e. The molecule has 0 radical (unpaired) electrons. The number of fused-ring (bicyclic) bond motifs is 1. The largest absolute Gasteiger partial charge is 0.274 e. The second kappa shape index (κ2) is 3.51. The summed E-state index contributed by atoms with van der Waals surface area (Å²) in [7, 11) is 0. The first-order valence-electron chi connectivity index (χ1n) is 4.57. The zero-order chi connectivity index (χ0) is 9.97. The maximum atomic E-state index is 11.4. The maximum absolute atomic E-state index is 11.4. The third kappa shape index (κ3) is 1.47. The van der Waals surface area contributed by atoms with Crippen molar-refractivity contribution in [2.24, 2.45) is 5.92 Å². The first-order valence-corrected chi connectivity index (χ1v) is 4.57. The maximum Gasteiger partial charge on any atom is 0.236 e. The van der Waals surface area contributed by atoms with Gasteiger partial charge in [0.2, 0.25) is 5.91 Å². The molecule has 0 fully saturated rings. The van der Waals surface area contributed by atoms with E-state index in [9.17, 15) is 4.79 Å². The Balaban J connectivity index is 2.12. The summed E-state index contributed by atoms with van der Waals surface area (Å²) in [5.74, 6) is -0.226. The van der Waals surface area contributed by atoms with Gasteiger partial charge in [-0.25, -0.2) is 0 Å². The molecule has 70 valence electrons. The van der Waals surface area contributed by atoms with Gasteiger partial charge >= 0.3 is 0 Å². The topological polar surface area (TPSA) is 52.9 Å². The Hall–Kier alpha value is -1.82. The van der Waals surface area contributed by atoms with Crippen LogP contribution in [0, 0.1) is 17.4 Å². The van der Waals surface area contributed by atoms with Gasteiger partial charge in [-0.2, -0.15) is 5.26 Å². The zero-order valence-corrected chi connectivity index (χ0v) is 7.66. The first kappa shape index (κ1) is 8.76. The predicted octanol–water partition coefficient (Wildman–Crippen LogP) is 0.999. The number of carbonyl (C=O) groups is 1. The highest BCUT2D eigenvalue weighted by molar-refractivity contribution is 5.81. The van der Waals surface area contributed by atoms with Crippen LogP contribution < -0.4 is 5.32 Å². The van der Waals surface area contributed by atoms with Gasteiger partial charge in [0.25, 0.3) is 0 Å². The van der Waals surface area contributed by atoms with E-state index in [2.05, 4.69) is 5.32 Å². The highest BCUT2D eigenvalue weighted by Crippen LogP contribution is 2.26. The fraction of sp³-hybridized carbons (Fsp3) is 0.273. The molecule has 0 aliphatic heterocycles. The molecule has 0 saturated heterocycles. The van der Waals surface area contributed by atoms with E-state index < -0.39 is 0 Å². The van der Waals surface area contributed by atoms with Gasteiger partial charge in [-0.3, -0.25) is 10.1 Å². The van der Waals surface area contributed by atoms with Crippen LogP contribution in [0.5, 0.6) is 0 Å². The second-order valence-electron chi connectivity index (χ2n) is 3.47. The van der Waals surface area contributed by atoms with E-state index in [1.807, 2.05) is 24.3 Å². The van der Waals surface area contributed by atoms with Crippen LogP contribution in [0.25, 0.3) is 0 Å². The molecule has 1 aromatic rings. The van der Waals surface area contributed by atoms with Crippen LogP contribution >= 0.6 is 0 Å². The van der Waals surface area contributed by atoms with Gasteiger partial charge in [-0.05, 0) is 24.0 Å². The molecular formula is C11H10N2O. The van der Waals surface area contributed by atoms with Crippen molar-refractivity contribution < 1.29 is 4.79 Å². The lowest BCUT2D eigenvalue weighted by atomic mass is 10.1. The van der Waals surface area contributed by atoms with Crippen LogP contribution in [0.2, 0.25) is 0 Å². The standard InChI is InChI=1S/C11H10N2O/c12-7-13-11(14)10-5-8-3-1-2-4-9(8)6-10/h1-4,10H,5-6H2,(H,13,14). The quantitative estimate of drug-likeness (QED) is 0.525. The Morgan fingerprint density at radius 3 is 2.43 bits per heavy atom. The van der Waals surface area contributed by atoms with E-state index in [1.54, 1.807) is 6.19 Å². The molecule has 1 aliphatic carbocycles. The molecule has 1 aliphatic rings. The summed E-state index contributed by atoms with van der Waals surface area (Å²) in [6.45, 7) is 0. The molecule has 1 amide bonds. The van der Waals surface area contributed by atoms with Crippen LogP contribution in [-0.4, -0.2) is 5.91 Å². The van der Waals surface area contributed by atoms with E-state index in [4.69, 9.17) is 5.26 Å². The summed E-state index contributed by atoms with van der Waals surface area (Å²) in [5, 5.41) is 10.5. The van der Waals surface area contributed by atoms with Gasteiger partial charge < -0.3 is 0 Å². The van der Waals surface area contributed by atoms with Crippen molar-refractivity contribution >= 4 is 5.91 Å². The predicted molar refractivity (Wildman–Crippen MR) is 51.1 cm³/mol. The highest BCUT2D eigenvalue weighted by Gasteiger charge is 2.26. The molecule has 14 heavy (non-hydrogen) atoms.